The number of hydrogen-bond donors (Lipinski definition) is 1. The third-order valence-corrected chi connectivity index (χ3v) is 3.76. The molecule has 0 unspecified atom stereocenters. The highest BCUT2D eigenvalue weighted by molar-refractivity contribution is 5.83. The van der Waals surface area contributed by atoms with Crippen molar-refractivity contribution in [2.45, 2.75) is 13.0 Å². The predicted molar refractivity (Wildman–Crippen MR) is 90.3 cm³/mol. The number of nitrogens with zero attached hydrogens (tertiary/aromatic N) is 1. The Morgan fingerprint density at radius 3 is 2.70 bits per heavy atom. The van der Waals surface area contributed by atoms with Crippen LogP contribution in [-0.2, 0) is 17.8 Å². The Morgan fingerprint density at radius 2 is 1.83 bits per heavy atom. The molecule has 0 saturated heterocycles. The van der Waals surface area contributed by atoms with Gasteiger partial charge in [-0.15, -0.1) is 0 Å². The molecule has 0 saturated carbocycles. The van der Waals surface area contributed by atoms with Crippen molar-refractivity contribution in [1.82, 2.24) is 10.3 Å². The van der Waals surface area contributed by atoms with Crippen LogP contribution in [0.15, 0.2) is 60.8 Å². The summed E-state index contributed by atoms with van der Waals surface area (Å²) >= 11 is 0. The van der Waals surface area contributed by atoms with Crippen LogP contribution in [0.2, 0.25) is 0 Å². The number of pyridine rings is 1. The van der Waals surface area contributed by atoms with E-state index in [1.54, 1.807) is 13.3 Å². The summed E-state index contributed by atoms with van der Waals surface area (Å²) in [6.07, 6.45) is 2.07. The molecule has 0 bridgehead atoms. The first-order valence-corrected chi connectivity index (χ1v) is 7.49. The van der Waals surface area contributed by atoms with E-state index in [-0.39, 0.29) is 5.91 Å². The number of nitrogens with one attached hydrogen (secondary N) is 1. The second kappa shape index (κ2) is 6.92. The number of aromatic nitrogens is 1. The Labute approximate surface area is 135 Å². The molecular weight excluding hydrogens is 288 g/mol. The zero-order valence-corrected chi connectivity index (χ0v) is 13.0. The standard InChI is InChI=1S/C19H18N2O2/c1-23-18-9-5-2-6-14(18)12-19(22)21-13-15-10-11-20-17-8-4-3-7-16(15)17/h2-11H,12-13H2,1H3,(H,21,22). The Kier molecular flexibility index (Phi) is 4.52. The summed E-state index contributed by atoms with van der Waals surface area (Å²) < 4.78 is 5.28. The third-order valence-electron chi connectivity index (χ3n) is 3.76. The number of fused-ring (bicyclic) bond motifs is 1. The SMILES string of the molecule is COc1ccccc1CC(=O)NCc1ccnc2ccccc12. The van der Waals surface area contributed by atoms with Crippen molar-refractivity contribution in [1.29, 1.82) is 0 Å². The van der Waals surface area contributed by atoms with Crippen LogP contribution in [0.1, 0.15) is 11.1 Å². The van der Waals surface area contributed by atoms with E-state index < -0.39 is 0 Å². The van der Waals surface area contributed by atoms with Gasteiger partial charge in [0.2, 0.25) is 5.91 Å². The zero-order valence-electron chi connectivity index (χ0n) is 13.0. The molecule has 3 aromatic rings. The Morgan fingerprint density at radius 1 is 1.04 bits per heavy atom. The molecule has 4 nitrogen and oxygen atoms in total. The smallest absolute Gasteiger partial charge is 0.224 e. The lowest BCUT2D eigenvalue weighted by Gasteiger charge is -2.10. The summed E-state index contributed by atoms with van der Waals surface area (Å²) in [5, 5.41) is 4.03. The first-order chi connectivity index (χ1) is 11.3. The molecule has 3 rings (SSSR count). The van der Waals surface area contributed by atoms with Gasteiger partial charge in [-0.25, -0.2) is 0 Å². The summed E-state index contributed by atoms with van der Waals surface area (Å²) in [5.41, 5.74) is 2.88. The van der Waals surface area contributed by atoms with E-state index in [0.717, 1.165) is 27.8 Å². The number of benzene rings is 2. The summed E-state index contributed by atoms with van der Waals surface area (Å²) in [6.45, 7) is 0.483. The molecule has 2 aromatic carbocycles. The largest absolute Gasteiger partial charge is 0.496 e. The summed E-state index contributed by atoms with van der Waals surface area (Å²) in [5.74, 6) is 0.701. The Bertz CT molecular complexity index is 825. The van der Waals surface area contributed by atoms with Crippen LogP contribution in [0.4, 0.5) is 0 Å². The van der Waals surface area contributed by atoms with E-state index >= 15 is 0 Å². The molecule has 0 fully saturated rings. The van der Waals surface area contributed by atoms with Gasteiger partial charge < -0.3 is 10.1 Å². The molecule has 0 radical (unpaired) electrons. The van der Waals surface area contributed by atoms with E-state index in [0.29, 0.717) is 13.0 Å². The molecule has 4 heteroatoms. The number of carbonyl (C=O) groups is 1. The minimum absolute atomic E-state index is 0.0320. The number of amides is 1. The topological polar surface area (TPSA) is 51.2 Å². The van der Waals surface area contributed by atoms with E-state index in [2.05, 4.69) is 10.3 Å². The van der Waals surface area contributed by atoms with Gasteiger partial charge >= 0.3 is 0 Å². The van der Waals surface area contributed by atoms with Gasteiger partial charge in [-0.3, -0.25) is 9.78 Å². The minimum Gasteiger partial charge on any atom is -0.496 e. The number of methoxy groups -OCH3 is 1. The Hall–Kier alpha value is -2.88. The van der Waals surface area contributed by atoms with E-state index in [1.807, 2.05) is 54.6 Å². The maximum absolute atomic E-state index is 12.2. The number of ether oxygens (including phenoxy) is 1. The maximum Gasteiger partial charge on any atom is 0.224 e. The van der Waals surface area contributed by atoms with Gasteiger partial charge in [0.1, 0.15) is 5.75 Å². The first-order valence-electron chi connectivity index (χ1n) is 7.49. The van der Waals surface area contributed by atoms with Gasteiger partial charge in [0.05, 0.1) is 19.0 Å². The minimum atomic E-state index is -0.0320. The lowest BCUT2D eigenvalue weighted by Crippen LogP contribution is -2.24. The summed E-state index contributed by atoms with van der Waals surface area (Å²) in [4.78, 5) is 16.5. The summed E-state index contributed by atoms with van der Waals surface area (Å²) in [7, 11) is 1.61. The van der Waals surface area contributed by atoms with Crippen LogP contribution in [-0.4, -0.2) is 18.0 Å². The first kappa shape index (κ1) is 15.0. The van der Waals surface area contributed by atoms with Gasteiger partial charge in [0.25, 0.3) is 0 Å². The van der Waals surface area contributed by atoms with Gasteiger partial charge in [0, 0.05) is 23.7 Å². The second-order valence-corrected chi connectivity index (χ2v) is 5.25. The van der Waals surface area contributed by atoms with E-state index in [1.165, 1.54) is 0 Å². The monoisotopic (exact) mass is 306 g/mol. The molecule has 0 atom stereocenters. The van der Waals surface area contributed by atoms with E-state index in [4.69, 9.17) is 4.74 Å². The molecule has 1 aromatic heterocycles. The van der Waals surface area contributed by atoms with Crippen LogP contribution in [0, 0.1) is 0 Å². The lowest BCUT2D eigenvalue weighted by molar-refractivity contribution is -0.120. The highest BCUT2D eigenvalue weighted by Crippen LogP contribution is 2.18. The fourth-order valence-corrected chi connectivity index (χ4v) is 2.59. The quantitative estimate of drug-likeness (QED) is 0.788. The second-order valence-electron chi connectivity index (χ2n) is 5.25. The third kappa shape index (κ3) is 3.48. The van der Waals surface area contributed by atoms with Crippen molar-refractivity contribution in [3.63, 3.8) is 0 Å². The van der Waals surface area contributed by atoms with Crippen LogP contribution in [0.5, 0.6) is 5.75 Å². The summed E-state index contributed by atoms with van der Waals surface area (Å²) in [6, 6.07) is 17.4. The molecule has 23 heavy (non-hydrogen) atoms. The van der Waals surface area contributed by atoms with Crippen LogP contribution < -0.4 is 10.1 Å². The van der Waals surface area contributed by atoms with Crippen molar-refractivity contribution in [2.24, 2.45) is 0 Å². The van der Waals surface area contributed by atoms with Crippen molar-refractivity contribution in [2.75, 3.05) is 7.11 Å². The van der Waals surface area contributed by atoms with Crippen LogP contribution >= 0.6 is 0 Å². The van der Waals surface area contributed by atoms with E-state index in [9.17, 15) is 4.79 Å². The van der Waals surface area contributed by atoms with Crippen LogP contribution in [0.3, 0.4) is 0 Å². The number of rotatable bonds is 5. The van der Waals surface area contributed by atoms with Crippen molar-refractivity contribution < 1.29 is 9.53 Å². The number of carbonyl (C=O) groups excluding carboxylic acids is 1. The molecule has 1 N–H and O–H groups in total. The molecule has 1 heterocycles. The maximum atomic E-state index is 12.2. The average Bonchev–Trinajstić information content (AvgIpc) is 2.60. The van der Waals surface area contributed by atoms with Crippen molar-refractivity contribution in [3.05, 3.63) is 71.9 Å². The number of para-hydroxylation sites is 2. The fraction of sp³-hybridized carbons (Fsp3) is 0.158. The molecule has 0 aliphatic rings. The molecular formula is C19H18N2O2. The van der Waals surface area contributed by atoms with Crippen molar-refractivity contribution in [3.8, 4) is 5.75 Å². The molecule has 116 valence electrons. The molecule has 0 aliphatic heterocycles. The zero-order chi connectivity index (χ0) is 16.1. The normalized spacial score (nSPS) is 10.5. The van der Waals surface area contributed by atoms with Gasteiger partial charge in [-0.1, -0.05) is 36.4 Å². The molecule has 1 amide bonds. The van der Waals surface area contributed by atoms with Gasteiger partial charge in [-0.2, -0.15) is 0 Å². The van der Waals surface area contributed by atoms with Gasteiger partial charge in [-0.05, 0) is 23.8 Å². The average molecular weight is 306 g/mol. The van der Waals surface area contributed by atoms with Crippen LogP contribution in [0.25, 0.3) is 10.9 Å². The molecule has 0 aliphatic carbocycles. The molecule has 0 spiro atoms. The van der Waals surface area contributed by atoms with Crippen molar-refractivity contribution >= 4 is 16.8 Å². The number of hydrogen-bond acceptors (Lipinski definition) is 3. The Balaban J connectivity index is 1.69. The predicted octanol–water partition coefficient (Wildman–Crippen LogP) is 3.10. The highest BCUT2D eigenvalue weighted by Gasteiger charge is 2.09. The highest BCUT2D eigenvalue weighted by atomic mass is 16.5. The fourth-order valence-electron chi connectivity index (χ4n) is 2.59. The van der Waals surface area contributed by atoms with Gasteiger partial charge in [0.15, 0.2) is 0 Å². The lowest BCUT2D eigenvalue weighted by atomic mass is 10.1.